The first-order valence-corrected chi connectivity index (χ1v) is 7.30. The molecule has 0 saturated heterocycles. The molecule has 0 amide bonds. The van der Waals surface area contributed by atoms with Crippen LogP contribution in [-0.2, 0) is 6.54 Å². The lowest BCUT2D eigenvalue weighted by Crippen LogP contribution is -2.32. The summed E-state index contributed by atoms with van der Waals surface area (Å²) in [6, 6.07) is 0.589. The Bertz CT molecular complexity index is 392. The number of hydrogen-bond acceptors (Lipinski definition) is 2. The van der Waals surface area contributed by atoms with E-state index in [0.29, 0.717) is 11.5 Å². The molecular formula is C15H27N3. The Labute approximate surface area is 111 Å². The van der Waals surface area contributed by atoms with Crippen molar-refractivity contribution in [2.75, 3.05) is 5.32 Å². The van der Waals surface area contributed by atoms with Crippen molar-refractivity contribution in [2.24, 2.45) is 5.41 Å². The molecule has 1 fully saturated rings. The van der Waals surface area contributed by atoms with Gasteiger partial charge in [0.25, 0.3) is 0 Å². The molecule has 0 radical (unpaired) electrons. The monoisotopic (exact) mass is 249 g/mol. The normalized spacial score (nSPS) is 23.0. The average Bonchev–Trinajstić information content (AvgIpc) is 2.58. The number of anilines is 1. The number of imidazole rings is 1. The molecule has 1 aromatic heterocycles. The van der Waals surface area contributed by atoms with Gasteiger partial charge < -0.3 is 9.88 Å². The minimum Gasteiger partial charge on any atom is -0.353 e. The van der Waals surface area contributed by atoms with E-state index in [1.54, 1.807) is 0 Å². The molecule has 1 heterocycles. The standard InChI is InChI=1S/C15H27N3/c1-5-9-18-11-12(2)16-14(18)17-13-7-6-8-15(3,4)10-13/h11,13H,5-10H2,1-4H3,(H,16,17). The van der Waals surface area contributed by atoms with Crippen molar-refractivity contribution in [1.29, 1.82) is 0 Å². The zero-order valence-electron chi connectivity index (χ0n) is 12.3. The summed E-state index contributed by atoms with van der Waals surface area (Å²) in [5.74, 6) is 1.07. The molecule has 1 N–H and O–H groups in total. The van der Waals surface area contributed by atoms with Crippen LogP contribution in [0, 0.1) is 12.3 Å². The maximum atomic E-state index is 4.62. The van der Waals surface area contributed by atoms with Gasteiger partial charge >= 0.3 is 0 Å². The Balaban J connectivity index is 2.04. The van der Waals surface area contributed by atoms with Gasteiger partial charge in [0.15, 0.2) is 0 Å². The van der Waals surface area contributed by atoms with Crippen LogP contribution in [0.1, 0.15) is 58.6 Å². The Kier molecular flexibility index (Phi) is 3.98. The van der Waals surface area contributed by atoms with Crippen LogP contribution in [0.3, 0.4) is 0 Å². The van der Waals surface area contributed by atoms with E-state index in [-0.39, 0.29) is 0 Å². The van der Waals surface area contributed by atoms with Gasteiger partial charge in [-0.25, -0.2) is 4.98 Å². The highest BCUT2D eigenvalue weighted by Crippen LogP contribution is 2.36. The third-order valence-corrected chi connectivity index (χ3v) is 3.90. The lowest BCUT2D eigenvalue weighted by atomic mass is 9.75. The third kappa shape index (κ3) is 3.27. The van der Waals surface area contributed by atoms with E-state index in [4.69, 9.17) is 0 Å². The van der Waals surface area contributed by atoms with Gasteiger partial charge in [-0.05, 0) is 38.0 Å². The van der Waals surface area contributed by atoms with Crippen LogP contribution in [0.5, 0.6) is 0 Å². The number of hydrogen-bond donors (Lipinski definition) is 1. The summed E-state index contributed by atoms with van der Waals surface area (Å²) >= 11 is 0. The van der Waals surface area contributed by atoms with Crippen molar-refractivity contribution in [3.8, 4) is 0 Å². The first-order valence-electron chi connectivity index (χ1n) is 7.30. The van der Waals surface area contributed by atoms with Crippen molar-refractivity contribution < 1.29 is 0 Å². The highest BCUT2D eigenvalue weighted by atomic mass is 15.2. The van der Waals surface area contributed by atoms with Gasteiger partial charge in [0, 0.05) is 18.8 Å². The first-order chi connectivity index (χ1) is 8.50. The van der Waals surface area contributed by atoms with Gasteiger partial charge in [-0.2, -0.15) is 0 Å². The van der Waals surface area contributed by atoms with Crippen LogP contribution < -0.4 is 5.32 Å². The fourth-order valence-electron chi connectivity index (χ4n) is 3.08. The SMILES string of the molecule is CCCn1cc(C)nc1NC1CCCC(C)(C)C1. The van der Waals surface area contributed by atoms with Gasteiger partial charge in [-0.15, -0.1) is 0 Å². The summed E-state index contributed by atoms with van der Waals surface area (Å²) in [6.45, 7) is 10.1. The molecule has 102 valence electrons. The molecule has 0 bridgehead atoms. The van der Waals surface area contributed by atoms with Gasteiger partial charge in [-0.1, -0.05) is 27.2 Å². The second-order valence-corrected chi connectivity index (χ2v) is 6.50. The van der Waals surface area contributed by atoms with E-state index in [2.05, 4.69) is 48.8 Å². The number of aromatic nitrogens is 2. The molecule has 1 unspecified atom stereocenters. The number of rotatable bonds is 4. The second kappa shape index (κ2) is 5.33. The van der Waals surface area contributed by atoms with Crippen LogP contribution in [0.25, 0.3) is 0 Å². The Hall–Kier alpha value is -0.990. The van der Waals surface area contributed by atoms with Crippen LogP contribution in [0.2, 0.25) is 0 Å². The van der Waals surface area contributed by atoms with Gasteiger partial charge in [-0.3, -0.25) is 0 Å². The summed E-state index contributed by atoms with van der Waals surface area (Å²) in [7, 11) is 0. The fraction of sp³-hybridized carbons (Fsp3) is 0.800. The molecule has 0 spiro atoms. The Morgan fingerprint density at radius 3 is 2.94 bits per heavy atom. The summed E-state index contributed by atoms with van der Waals surface area (Å²) in [5.41, 5.74) is 1.59. The van der Waals surface area contributed by atoms with E-state index < -0.39 is 0 Å². The zero-order valence-corrected chi connectivity index (χ0v) is 12.3. The van der Waals surface area contributed by atoms with E-state index in [0.717, 1.165) is 24.6 Å². The predicted octanol–water partition coefficient (Wildman–Crippen LogP) is 3.98. The number of nitrogens with zero attached hydrogens (tertiary/aromatic N) is 2. The summed E-state index contributed by atoms with van der Waals surface area (Å²) in [5, 5.41) is 3.66. The van der Waals surface area contributed by atoms with Crippen LogP contribution in [0.4, 0.5) is 5.95 Å². The molecular weight excluding hydrogens is 222 g/mol. The lowest BCUT2D eigenvalue weighted by Gasteiger charge is -2.35. The van der Waals surface area contributed by atoms with Crippen LogP contribution in [0.15, 0.2) is 6.20 Å². The molecule has 1 aliphatic carbocycles. The molecule has 18 heavy (non-hydrogen) atoms. The predicted molar refractivity (Wildman–Crippen MR) is 76.9 cm³/mol. The quantitative estimate of drug-likeness (QED) is 0.874. The van der Waals surface area contributed by atoms with Crippen LogP contribution >= 0.6 is 0 Å². The largest absolute Gasteiger partial charge is 0.353 e. The Morgan fingerprint density at radius 2 is 2.28 bits per heavy atom. The summed E-state index contributed by atoms with van der Waals surface area (Å²) in [4.78, 5) is 4.62. The van der Waals surface area contributed by atoms with Crippen molar-refractivity contribution in [2.45, 2.75) is 72.4 Å². The first kappa shape index (κ1) is 13.4. The van der Waals surface area contributed by atoms with E-state index >= 15 is 0 Å². The molecule has 2 rings (SSSR count). The van der Waals surface area contributed by atoms with Gasteiger partial charge in [0.2, 0.25) is 5.95 Å². The lowest BCUT2D eigenvalue weighted by molar-refractivity contribution is 0.229. The van der Waals surface area contributed by atoms with Crippen molar-refractivity contribution in [3.63, 3.8) is 0 Å². The maximum absolute atomic E-state index is 4.62. The van der Waals surface area contributed by atoms with Gasteiger partial charge in [0.1, 0.15) is 0 Å². The Morgan fingerprint density at radius 1 is 1.50 bits per heavy atom. The zero-order chi connectivity index (χ0) is 13.2. The molecule has 1 atom stereocenters. The summed E-state index contributed by atoms with van der Waals surface area (Å²) < 4.78 is 2.26. The second-order valence-electron chi connectivity index (χ2n) is 6.50. The fourth-order valence-corrected chi connectivity index (χ4v) is 3.08. The van der Waals surface area contributed by atoms with Crippen LogP contribution in [-0.4, -0.2) is 15.6 Å². The maximum Gasteiger partial charge on any atom is 0.203 e. The molecule has 0 aliphatic heterocycles. The molecule has 0 aromatic carbocycles. The van der Waals surface area contributed by atoms with Crippen molar-refractivity contribution in [1.82, 2.24) is 9.55 Å². The minimum atomic E-state index is 0.479. The molecule has 3 nitrogen and oxygen atoms in total. The molecule has 3 heteroatoms. The van der Waals surface area contributed by atoms with E-state index in [1.165, 1.54) is 25.7 Å². The number of nitrogens with one attached hydrogen (secondary N) is 1. The van der Waals surface area contributed by atoms with E-state index in [1.807, 2.05) is 0 Å². The highest BCUT2D eigenvalue weighted by Gasteiger charge is 2.28. The van der Waals surface area contributed by atoms with Gasteiger partial charge in [0.05, 0.1) is 5.69 Å². The summed E-state index contributed by atoms with van der Waals surface area (Å²) in [6.07, 6.45) is 8.53. The third-order valence-electron chi connectivity index (χ3n) is 3.90. The topological polar surface area (TPSA) is 29.9 Å². The smallest absolute Gasteiger partial charge is 0.203 e. The minimum absolute atomic E-state index is 0.479. The van der Waals surface area contributed by atoms with Crippen molar-refractivity contribution in [3.05, 3.63) is 11.9 Å². The van der Waals surface area contributed by atoms with Crippen molar-refractivity contribution >= 4 is 5.95 Å². The number of aryl methyl sites for hydroxylation is 2. The molecule has 1 aliphatic rings. The average molecular weight is 249 g/mol. The molecule has 1 saturated carbocycles. The molecule has 1 aromatic rings. The highest BCUT2D eigenvalue weighted by molar-refractivity contribution is 5.30. The van der Waals surface area contributed by atoms with E-state index in [9.17, 15) is 0 Å².